The number of nitrogens with one attached hydrogen (secondary N) is 1. The van der Waals surface area contributed by atoms with Gasteiger partial charge in [0, 0.05) is 56.4 Å². The molecule has 0 radical (unpaired) electrons. The normalized spacial score (nSPS) is 19.1. The molecule has 2 fully saturated rings. The monoisotopic (exact) mass is 388 g/mol. The Labute approximate surface area is 162 Å². The zero-order valence-corrected chi connectivity index (χ0v) is 16.4. The predicted molar refractivity (Wildman–Crippen MR) is 102 cm³/mol. The molecule has 1 N–H and O–H groups in total. The van der Waals surface area contributed by atoms with E-state index in [2.05, 4.69) is 20.3 Å². The van der Waals surface area contributed by atoms with Crippen LogP contribution < -0.4 is 5.32 Å². The molecule has 4 rings (SSSR count). The number of piperazine rings is 1. The maximum Gasteiger partial charge on any atom is 0.273 e. The van der Waals surface area contributed by atoms with Gasteiger partial charge in [-0.3, -0.25) is 19.2 Å². The van der Waals surface area contributed by atoms with E-state index in [4.69, 9.17) is 0 Å². The van der Waals surface area contributed by atoms with Gasteiger partial charge in [-0.05, 0) is 19.8 Å². The van der Waals surface area contributed by atoms with Crippen LogP contribution in [-0.4, -0.2) is 74.6 Å². The number of rotatable bonds is 5. The highest BCUT2D eigenvalue weighted by Gasteiger charge is 2.31. The minimum absolute atomic E-state index is 0.0453. The molecule has 1 saturated heterocycles. The van der Waals surface area contributed by atoms with Gasteiger partial charge in [0.2, 0.25) is 5.91 Å². The van der Waals surface area contributed by atoms with E-state index in [9.17, 15) is 9.59 Å². The second-order valence-corrected chi connectivity index (χ2v) is 8.09. The highest BCUT2D eigenvalue weighted by atomic mass is 32.1. The van der Waals surface area contributed by atoms with Gasteiger partial charge >= 0.3 is 0 Å². The van der Waals surface area contributed by atoms with Crippen molar-refractivity contribution in [2.75, 3.05) is 26.2 Å². The van der Waals surface area contributed by atoms with Crippen LogP contribution >= 0.6 is 11.3 Å². The average Bonchev–Trinajstić information content (AvgIpc) is 3.17. The van der Waals surface area contributed by atoms with Crippen molar-refractivity contribution in [3.8, 4) is 10.6 Å². The van der Waals surface area contributed by atoms with Gasteiger partial charge in [-0.1, -0.05) is 0 Å². The minimum atomic E-state index is -0.153. The van der Waals surface area contributed by atoms with Gasteiger partial charge in [-0.2, -0.15) is 5.10 Å². The first-order chi connectivity index (χ1) is 13.0. The molecule has 144 valence electrons. The largest absolute Gasteiger partial charge is 0.352 e. The van der Waals surface area contributed by atoms with Crippen molar-refractivity contribution in [3.63, 3.8) is 0 Å². The Balaban J connectivity index is 1.33. The molecule has 2 aromatic heterocycles. The molecule has 9 heteroatoms. The third kappa shape index (κ3) is 4.03. The number of aryl methyl sites for hydroxylation is 1. The lowest BCUT2D eigenvalue weighted by molar-refractivity contribution is -0.126. The molecule has 3 heterocycles. The second kappa shape index (κ2) is 7.40. The summed E-state index contributed by atoms with van der Waals surface area (Å²) in [6.07, 6.45) is 5.82. The Hall–Kier alpha value is -2.26. The molecule has 1 saturated carbocycles. The third-order valence-corrected chi connectivity index (χ3v) is 6.02. The molecule has 27 heavy (non-hydrogen) atoms. The summed E-state index contributed by atoms with van der Waals surface area (Å²) in [4.78, 5) is 33.4. The van der Waals surface area contributed by atoms with Gasteiger partial charge in [0.1, 0.15) is 10.7 Å². The first-order valence-electron chi connectivity index (χ1n) is 9.29. The Morgan fingerprint density at radius 1 is 1.26 bits per heavy atom. The van der Waals surface area contributed by atoms with E-state index in [0.717, 1.165) is 23.4 Å². The van der Waals surface area contributed by atoms with Gasteiger partial charge < -0.3 is 10.2 Å². The maximum absolute atomic E-state index is 12.8. The fourth-order valence-corrected chi connectivity index (χ4v) is 4.00. The summed E-state index contributed by atoms with van der Waals surface area (Å²) >= 11 is 1.45. The van der Waals surface area contributed by atoms with Gasteiger partial charge in [-0.15, -0.1) is 11.3 Å². The fourth-order valence-electron chi connectivity index (χ4n) is 3.23. The Morgan fingerprint density at radius 2 is 2.00 bits per heavy atom. The molecule has 1 unspecified atom stereocenters. The zero-order chi connectivity index (χ0) is 19.0. The van der Waals surface area contributed by atoms with Crippen molar-refractivity contribution in [1.82, 2.24) is 29.9 Å². The van der Waals surface area contributed by atoms with Crippen LogP contribution in [0.3, 0.4) is 0 Å². The summed E-state index contributed by atoms with van der Waals surface area (Å²) in [5, 5.41) is 9.81. The van der Waals surface area contributed by atoms with Crippen molar-refractivity contribution < 1.29 is 9.59 Å². The molecule has 1 atom stereocenters. The maximum atomic E-state index is 12.8. The van der Waals surface area contributed by atoms with E-state index < -0.39 is 0 Å². The van der Waals surface area contributed by atoms with Crippen molar-refractivity contribution in [2.24, 2.45) is 7.05 Å². The number of hydrogen-bond donors (Lipinski definition) is 1. The molecule has 2 aromatic rings. The van der Waals surface area contributed by atoms with Crippen molar-refractivity contribution in [2.45, 2.75) is 31.8 Å². The molecule has 1 aliphatic carbocycles. The van der Waals surface area contributed by atoms with Gasteiger partial charge in [0.05, 0.1) is 12.2 Å². The van der Waals surface area contributed by atoms with Crippen LogP contribution in [0.5, 0.6) is 0 Å². The first-order valence-corrected chi connectivity index (χ1v) is 10.2. The summed E-state index contributed by atoms with van der Waals surface area (Å²) in [5.41, 5.74) is 1.40. The van der Waals surface area contributed by atoms with Crippen molar-refractivity contribution >= 4 is 23.2 Å². The number of aromatic nitrogens is 3. The molecular formula is C18H24N6O2S. The zero-order valence-electron chi connectivity index (χ0n) is 15.6. The van der Waals surface area contributed by atoms with Crippen LogP contribution in [0.4, 0.5) is 0 Å². The summed E-state index contributed by atoms with van der Waals surface area (Å²) in [7, 11) is 1.86. The standard InChI is InChI=1S/C18H24N6O2S/c1-12(16(25)20-14-3-4-14)23-5-7-24(8-6-23)18(26)15-11-27-17(21-15)13-9-19-22(2)10-13/h9-12,14H,3-8H2,1-2H3,(H,20,25). The third-order valence-electron chi connectivity index (χ3n) is 5.13. The molecule has 0 aromatic carbocycles. The Morgan fingerprint density at radius 3 is 2.63 bits per heavy atom. The number of hydrogen-bond acceptors (Lipinski definition) is 6. The highest BCUT2D eigenvalue weighted by Crippen LogP contribution is 2.24. The topological polar surface area (TPSA) is 83.4 Å². The summed E-state index contributed by atoms with van der Waals surface area (Å²) < 4.78 is 1.72. The SMILES string of the molecule is CC(C(=O)NC1CC1)N1CCN(C(=O)c2csc(-c3cnn(C)c3)n2)CC1. The fraction of sp³-hybridized carbons (Fsp3) is 0.556. The van der Waals surface area contributed by atoms with Crippen molar-refractivity contribution in [1.29, 1.82) is 0 Å². The number of nitrogens with zero attached hydrogens (tertiary/aromatic N) is 5. The van der Waals surface area contributed by atoms with E-state index >= 15 is 0 Å². The van der Waals surface area contributed by atoms with Gasteiger partial charge in [0.15, 0.2) is 0 Å². The van der Waals surface area contributed by atoms with Gasteiger partial charge in [-0.25, -0.2) is 4.98 Å². The van der Waals surface area contributed by atoms with Crippen LogP contribution in [0.2, 0.25) is 0 Å². The van der Waals surface area contributed by atoms with Crippen LogP contribution in [0.25, 0.3) is 10.6 Å². The molecular weight excluding hydrogens is 364 g/mol. The van der Waals surface area contributed by atoms with E-state index in [0.29, 0.717) is 37.9 Å². The summed E-state index contributed by atoms with van der Waals surface area (Å²) in [6, 6.07) is 0.223. The highest BCUT2D eigenvalue weighted by molar-refractivity contribution is 7.13. The van der Waals surface area contributed by atoms with Crippen LogP contribution in [-0.2, 0) is 11.8 Å². The van der Waals surface area contributed by atoms with E-state index in [1.165, 1.54) is 11.3 Å². The smallest absolute Gasteiger partial charge is 0.273 e. The summed E-state index contributed by atoms with van der Waals surface area (Å²) in [5.74, 6) is 0.0500. The molecule has 0 spiro atoms. The molecule has 0 bridgehead atoms. The number of amides is 2. The lowest BCUT2D eigenvalue weighted by atomic mass is 10.2. The molecule has 2 amide bonds. The van der Waals surface area contributed by atoms with E-state index in [1.807, 2.05) is 30.4 Å². The minimum Gasteiger partial charge on any atom is -0.352 e. The van der Waals surface area contributed by atoms with Crippen LogP contribution in [0, 0.1) is 0 Å². The quantitative estimate of drug-likeness (QED) is 0.825. The van der Waals surface area contributed by atoms with Crippen molar-refractivity contribution in [3.05, 3.63) is 23.5 Å². The predicted octanol–water partition coefficient (Wildman–Crippen LogP) is 0.968. The first kappa shape index (κ1) is 18.1. The second-order valence-electron chi connectivity index (χ2n) is 7.23. The summed E-state index contributed by atoms with van der Waals surface area (Å²) in [6.45, 7) is 4.56. The van der Waals surface area contributed by atoms with E-state index in [1.54, 1.807) is 10.9 Å². The lowest BCUT2D eigenvalue weighted by Crippen LogP contribution is -2.55. The van der Waals surface area contributed by atoms with Crippen LogP contribution in [0.1, 0.15) is 30.3 Å². The average molecular weight is 388 g/mol. The number of carbonyl (C=O) groups is 2. The van der Waals surface area contributed by atoms with E-state index in [-0.39, 0.29) is 17.9 Å². The molecule has 2 aliphatic rings. The Bertz CT molecular complexity index is 835. The van der Waals surface area contributed by atoms with Crippen LogP contribution in [0.15, 0.2) is 17.8 Å². The Kier molecular flexibility index (Phi) is 4.96. The number of thiazole rings is 1. The molecule has 1 aliphatic heterocycles. The molecule has 8 nitrogen and oxygen atoms in total. The van der Waals surface area contributed by atoms with Gasteiger partial charge in [0.25, 0.3) is 5.91 Å². The lowest BCUT2D eigenvalue weighted by Gasteiger charge is -2.37. The number of carbonyl (C=O) groups excluding carboxylic acids is 2.